The summed E-state index contributed by atoms with van der Waals surface area (Å²) >= 11 is 0. The maximum atomic E-state index is 5.41. The van der Waals surface area contributed by atoms with E-state index in [4.69, 9.17) is 6.42 Å². The van der Waals surface area contributed by atoms with E-state index in [1.807, 2.05) is 27.7 Å². The molecule has 0 bridgehead atoms. The van der Waals surface area contributed by atoms with Crippen LogP contribution < -0.4 is 0 Å². The SMILES string of the molecule is C#CC(C)(CC)CCCC.CC.CC. The molecule has 0 aliphatic carbocycles. The lowest BCUT2D eigenvalue weighted by atomic mass is 9.83. The van der Waals surface area contributed by atoms with E-state index in [0.717, 1.165) is 6.42 Å². The Kier molecular flexibility index (Phi) is 20.6. The highest BCUT2D eigenvalue weighted by Crippen LogP contribution is 2.26. The monoisotopic (exact) mass is 198 g/mol. The van der Waals surface area contributed by atoms with Crippen molar-refractivity contribution in [3.8, 4) is 12.3 Å². The molecule has 0 saturated carbocycles. The fourth-order valence-corrected chi connectivity index (χ4v) is 0.918. The van der Waals surface area contributed by atoms with Crippen LogP contribution in [0.4, 0.5) is 0 Å². The zero-order valence-electron chi connectivity index (χ0n) is 11.4. The summed E-state index contributed by atoms with van der Waals surface area (Å²) in [4.78, 5) is 0. The van der Waals surface area contributed by atoms with Crippen molar-refractivity contribution in [3.05, 3.63) is 0 Å². The van der Waals surface area contributed by atoms with Crippen molar-refractivity contribution in [2.45, 2.75) is 74.1 Å². The molecular weight excluding hydrogens is 168 g/mol. The lowest BCUT2D eigenvalue weighted by Gasteiger charge is -2.20. The van der Waals surface area contributed by atoms with Crippen molar-refractivity contribution in [1.82, 2.24) is 0 Å². The third-order valence-corrected chi connectivity index (χ3v) is 2.21. The molecule has 0 heterocycles. The van der Waals surface area contributed by atoms with Gasteiger partial charge in [0.05, 0.1) is 0 Å². The fourth-order valence-electron chi connectivity index (χ4n) is 0.918. The lowest BCUT2D eigenvalue weighted by molar-refractivity contribution is 0.381. The number of rotatable bonds is 4. The first-order chi connectivity index (χ1) is 6.68. The van der Waals surface area contributed by atoms with Crippen LogP contribution in [0.1, 0.15) is 74.1 Å². The van der Waals surface area contributed by atoms with Crippen molar-refractivity contribution in [2.24, 2.45) is 5.41 Å². The number of hydrogen-bond acceptors (Lipinski definition) is 0. The van der Waals surface area contributed by atoms with Crippen LogP contribution in [-0.4, -0.2) is 0 Å². The van der Waals surface area contributed by atoms with Gasteiger partial charge in [0.25, 0.3) is 0 Å². The van der Waals surface area contributed by atoms with Gasteiger partial charge in [-0.1, -0.05) is 54.4 Å². The molecule has 0 aliphatic rings. The number of unbranched alkanes of at least 4 members (excludes halogenated alkanes) is 1. The molecule has 0 radical (unpaired) electrons. The van der Waals surface area contributed by atoms with Gasteiger partial charge in [0, 0.05) is 5.41 Å². The summed E-state index contributed by atoms with van der Waals surface area (Å²) in [6.45, 7) is 14.5. The van der Waals surface area contributed by atoms with Crippen molar-refractivity contribution >= 4 is 0 Å². The molecular formula is C14H30. The zero-order chi connectivity index (χ0) is 12.0. The molecule has 1 atom stereocenters. The van der Waals surface area contributed by atoms with Gasteiger partial charge < -0.3 is 0 Å². The summed E-state index contributed by atoms with van der Waals surface area (Å²) in [7, 11) is 0. The summed E-state index contributed by atoms with van der Waals surface area (Å²) in [6.07, 6.45) is 10.2. The second kappa shape index (κ2) is 15.1. The van der Waals surface area contributed by atoms with Gasteiger partial charge in [0.1, 0.15) is 0 Å². The predicted octanol–water partition coefficient (Wildman–Crippen LogP) is 5.28. The molecule has 86 valence electrons. The average molecular weight is 198 g/mol. The first-order valence-electron chi connectivity index (χ1n) is 6.16. The first kappa shape index (κ1) is 19.2. The van der Waals surface area contributed by atoms with Crippen LogP contribution in [-0.2, 0) is 0 Å². The van der Waals surface area contributed by atoms with Gasteiger partial charge in [-0.2, -0.15) is 0 Å². The summed E-state index contributed by atoms with van der Waals surface area (Å²) < 4.78 is 0. The Balaban J connectivity index is -0.000000266. The van der Waals surface area contributed by atoms with Gasteiger partial charge in [-0.15, -0.1) is 12.3 Å². The topological polar surface area (TPSA) is 0 Å². The predicted molar refractivity (Wildman–Crippen MR) is 69.5 cm³/mol. The third kappa shape index (κ3) is 11.6. The Morgan fingerprint density at radius 2 is 1.50 bits per heavy atom. The molecule has 0 aromatic heterocycles. The maximum Gasteiger partial charge on any atom is 0.0281 e. The smallest absolute Gasteiger partial charge is 0.0281 e. The third-order valence-electron chi connectivity index (χ3n) is 2.21. The van der Waals surface area contributed by atoms with E-state index < -0.39 is 0 Å². The number of terminal acetylenes is 1. The molecule has 0 N–H and O–H groups in total. The molecule has 0 rings (SSSR count). The normalized spacial score (nSPS) is 12.1. The molecule has 0 heteroatoms. The summed E-state index contributed by atoms with van der Waals surface area (Å²) in [6, 6.07) is 0. The van der Waals surface area contributed by atoms with E-state index in [0.29, 0.717) is 0 Å². The van der Waals surface area contributed by atoms with Gasteiger partial charge in [0.2, 0.25) is 0 Å². The zero-order valence-corrected chi connectivity index (χ0v) is 11.4. The van der Waals surface area contributed by atoms with Crippen LogP contribution in [0.15, 0.2) is 0 Å². The molecule has 0 aliphatic heterocycles. The summed E-state index contributed by atoms with van der Waals surface area (Å²) in [5.41, 5.74) is 0.163. The maximum absolute atomic E-state index is 5.41. The van der Waals surface area contributed by atoms with E-state index >= 15 is 0 Å². The quantitative estimate of drug-likeness (QED) is 0.539. The Hall–Kier alpha value is -0.440. The summed E-state index contributed by atoms with van der Waals surface area (Å²) in [5.74, 6) is 2.86. The van der Waals surface area contributed by atoms with E-state index in [-0.39, 0.29) is 5.41 Å². The van der Waals surface area contributed by atoms with Crippen LogP contribution in [0, 0.1) is 17.8 Å². The van der Waals surface area contributed by atoms with Crippen molar-refractivity contribution < 1.29 is 0 Å². The molecule has 0 fully saturated rings. The van der Waals surface area contributed by atoms with Crippen LogP contribution in [0.3, 0.4) is 0 Å². The molecule has 0 aromatic carbocycles. The Bertz CT molecular complexity index is 118. The van der Waals surface area contributed by atoms with Crippen LogP contribution >= 0.6 is 0 Å². The Morgan fingerprint density at radius 1 is 1.07 bits per heavy atom. The highest BCUT2D eigenvalue weighted by atomic mass is 14.2. The average Bonchev–Trinajstić information content (AvgIpc) is 2.31. The Labute approximate surface area is 92.5 Å². The lowest BCUT2D eigenvalue weighted by Crippen LogP contribution is -2.11. The van der Waals surface area contributed by atoms with Crippen LogP contribution in [0.25, 0.3) is 0 Å². The largest absolute Gasteiger partial charge is 0.120 e. The first-order valence-corrected chi connectivity index (χ1v) is 6.16. The minimum atomic E-state index is 0.163. The fraction of sp³-hybridized carbons (Fsp3) is 0.857. The van der Waals surface area contributed by atoms with Crippen LogP contribution in [0.2, 0.25) is 0 Å². The minimum Gasteiger partial charge on any atom is -0.120 e. The molecule has 1 unspecified atom stereocenters. The molecule has 0 amide bonds. The molecule has 0 saturated heterocycles. The second-order valence-electron chi connectivity index (χ2n) is 3.16. The van der Waals surface area contributed by atoms with Gasteiger partial charge >= 0.3 is 0 Å². The van der Waals surface area contributed by atoms with Gasteiger partial charge in [-0.25, -0.2) is 0 Å². The molecule has 14 heavy (non-hydrogen) atoms. The van der Waals surface area contributed by atoms with E-state index in [2.05, 4.69) is 26.7 Å². The standard InChI is InChI=1S/C10H18.2C2H6/c1-5-8-9-10(4,6-2)7-3;2*1-2/h2H,5,7-9H2,1,3-4H3;2*1-2H3. The Morgan fingerprint density at radius 3 is 1.71 bits per heavy atom. The van der Waals surface area contributed by atoms with E-state index in [9.17, 15) is 0 Å². The highest BCUT2D eigenvalue weighted by Gasteiger charge is 2.16. The van der Waals surface area contributed by atoms with Gasteiger partial charge in [-0.05, 0) is 19.8 Å². The molecule has 0 aromatic rings. The molecule has 0 spiro atoms. The van der Waals surface area contributed by atoms with Crippen LogP contribution in [0.5, 0.6) is 0 Å². The van der Waals surface area contributed by atoms with Crippen molar-refractivity contribution in [2.75, 3.05) is 0 Å². The summed E-state index contributed by atoms with van der Waals surface area (Å²) in [5, 5.41) is 0. The van der Waals surface area contributed by atoms with Crippen molar-refractivity contribution in [1.29, 1.82) is 0 Å². The molecule has 0 nitrogen and oxygen atoms in total. The second-order valence-corrected chi connectivity index (χ2v) is 3.16. The number of hydrogen-bond donors (Lipinski definition) is 0. The van der Waals surface area contributed by atoms with E-state index in [1.54, 1.807) is 0 Å². The van der Waals surface area contributed by atoms with Crippen molar-refractivity contribution in [3.63, 3.8) is 0 Å². The van der Waals surface area contributed by atoms with Gasteiger partial charge in [-0.3, -0.25) is 0 Å². The minimum absolute atomic E-state index is 0.163. The van der Waals surface area contributed by atoms with Gasteiger partial charge in [0.15, 0.2) is 0 Å². The van der Waals surface area contributed by atoms with E-state index in [1.165, 1.54) is 19.3 Å². The highest BCUT2D eigenvalue weighted by molar-refractivity contribution is 5.01.